The quantitative estimate of drug-likeness (QED) is 0.603. The molecular weight excluding hydrogens is 242 g/mol. The first kappa shape index (κ1) is 13.6. The lowest BCUT2D eigenvalue weighted by Crippen LogP contribution is -2.30. The third kappa shape index (κ3) is 3.34. The van der Waals surface area contributed by atoms with E-state index < -0.39 is 0 Å². The molecule has 0 radical (unpaired) electrons. The Labute approximate surface area is 113 Å². The summed E-state index contributed by atoms with van der Waals surface area (Å²) >= 11 is 0. The number of amides is 2. The second-order valence-electron chi connectivity index (χ2n) is 4.91. The van der Waals surface area contributed by atoms with E-state index in [0.717, 1.165) is 16.9 Å². The van der Waals surface area contributed by atoms with E-state index >= 15 is 0 Å². The molecule has 0 atom stereocenters. The highest BCUT2D eigenvalue weighted by molar-refractivity contribution is 6.01. The van der Waals surface area contributed by atoms with Crippen LogP contribution in [-0.2, 0) is 9.59 Å². The number of hydrogen-bond donors (Lipinski definition) is 0. The number of imide groups is 1. The summed E-state index contributed by atoms with van der Waals surface area (Å²) < 4.78 is 5.70. The van der Waals surface area contributed by atoms with Gasteiger partial charge in [0.1, 0.15) is 5.75 Å². The van der Waals surface area contributed by atoms with Gasteiger partial charge in [0.15, 0.2) is 0 Å². The van der Waals surface area contributed by atoms with Crippen molar-refractivity contribution in [2.75, 3.05) is 13.2 Å². The van der Waals surface area contributed by atoms with Gasteiger partial charge < -0.3 is 4.74 Å². The average molecular weight is 261 g/mol. The molecule has 4 heteroatoms. The Balaban J connectivity index is 1.79. The summed E-state index contributed by atoms with van der Waals surface area (Å²) in [6, 6.07) is 6.07. The van der Waals surface area contributed by atoms with Gasteiger partial charge in [0, 0.05) is 19.4 Å². The standard InChI is InChI=1S/C15H19NO3/c1-11-4-5-12(2)13(10-11)19-9-3-8-16-14(17)6-7-15(16)18/h4-5,10H,3,6-9H2,1-2H3. The molecule has 102 valence electrons. The monoisotopic (exact) mass is 261 g/mol. The average Bonchev–Trinajstić information content (AvgIpc) is 2.69. The van der Waals surface area contributed by atoms with Crippen molar-refractivity contribution in [1.29, 1.82) is 0 Å². The fourth-order valence-electron chi connectivity index (χ4n) is 2.14. The molecule has 1 aliphatic heterocycles. The van der Waals surface area contributed by atoms with Crippen molar-refractivity contribution in [3.8, 4) is 5.75 Å². The Bertz CT molecular complexity index is 480. The number of rotatable bonds is 5. The Morgan fingerprint density at radius 1 is 1.16 bits per heavy atom. The molecule has 0 N–H and O–H groups in total. The van der Waals surface area contributed by atoms with Gasteiger partial charge in [-0.1, -0.05) is 12.1 Å². The lowest BCUT2D eigenvalue weighted by atomic mass is 10.1. The van der Waals surface area contributed by atoms with E-state index in [4.69, 9.17) is 4.74 Å². The second-order valence-corrected chi connectivity index (χ2v) is 4.91. The first-order valence-corrected chi connectivity index (χ1v) is 6.61. The largest absolute Gasteiger partial charge is 0.493 e. The van der Waals surface area contributed by atoms with Crippen LogP contribution in [0.25, 0.3) is 0 Å². The van der Waals surface area contributed by atoms with E-state index in [1.165, 1.54) is 4.90 Å². The highest BCUT2D eigenvalue weighted by Crippen LogP contribution is 2.19. The van der Waals surface area contributed by atoms with E-state index in [1.54, 1.807) is 0 Å². The molecule has 1 fully saturated rings. The van der Waals surface area contributed by atoms with Crippen molar-refractivity contribution < 1.29 is 14.3 Å². The molecule has 0 aliphatic carbocycles. The number of hydrogen-bond acceptors (Lipinski definition) is 3. The summed E-state index contributed by atoms with van der Waals surface area (Å²) in [7, 11) is 0. The molecule has 19 heavy (non-hydrogen) atoms. The van der Waals surface area contributed by atoms with Gasteiger partial charge in [0.05, 0.1) is 6.61 Å². The molecule has 0 saturated carbocycles. The van der Waals surface area contributed by atoms with Crippen LogP contribution < -0.4 is 4.74 Å². The Morgan fingerprint density at radius 2 is 1.84 bits per heavy atom. The Kier molecular flexibility index (Phi) is 4.20. The highest BCUT2D eigenvalue weighted by Gasteiger charge is 2.27. The lowest BCUT2D eigenvalue weighted by Gasteiger charge is -2.14. The van der Waals surface area contributed by atoms with Crippen molar-refractivity contribution in [2.45, 2.75) is 33.1 Å². The van der Waals surface area contributed by atoms with Gasteiger partial charge in [0.2, 0.25) is 11.8 Å². The maximum Gasteiger partial charge on any atom is 0.229 e. The van der Waals surface area contributed by atoms with Crippen molar-refractivity contribution in [3.63, 3.8) is 0 Å². The van der Waals surface area contributed by atoms with Crippen LogP contribution in [0.3, 0.4) is 0 Å². The topological polar surface area (TPSA) is 46.6 Å². The summed E-state index contributed by atoms with van der Waals surface area (Å²) in [6.45, 7) is 5.00. The molecular formula is C15H19NO3. The van der Waals surface area contributed by atoms with Gasteiger partial charge in [-0.15, -0.1) is 0 Å². The molecule has 4 nitrogen and oxygen atoms in total. The van der Waals surface area contributed by atoms with Crippen LogP contribution in [0.5, 0.6) is 5.75 Å². The molecule has 0 aromatic heterocycles. The summed E-state index contributed by atoms with van der Waals surface area (Å²) in [4.78, 5) is 24.2. The number of aryl methyl sites for hydroxylation is 2. The summed E-state index contributed by atoms with van der Waals surface area (Å²) in [5.41, 5.74) is 2.25. The van der Waals surface area contributed by atoms with E-state index in [9.17, 15) is 9.59 Å². The van der Waals surface area contributed by atoms with Gasteiger partial charge in [-0.3, -0.25) is 14.5 Å². The first-order chi connectivity index (χ1) is 9.08. The van der Waals surface area contributed by atoms with Gasteiger partial charge in [-0.05, 0) is 37.5 Å². The van der Waals surface area contributed by atoms with E-state index in [2.05, 4.69) is 0 Å². The lowest BCUT2D eigenvalue weighted by molar-refractivity contribution is -0.138. The van der Waals surface area contributed by atoms with E-state index in [0.29, 0.717) is 32.4 Å². The number of carbonyl (C=O) groups excluding carboxylic acids is 2. The van der Waals surface area contributed by atoms with Crippen LogP contribution in [0.1, 0.15) is 30.4 Å². The SMILES string of the molecule is Cc1ccc(C)c(OCCCN2C(=O)CCC2=O)c1. The van der Waals surface area contributed by atoms with Crippen molar-refractivity contribution in [1.82, 2.24) is 4.90 Å². The van der Waals surface area contributed by atoms with Crippen LogP contribution in [0.15, 0.2) is 18.2 Å². The molecule has 1 heterocycles. The third-order valence-electron chi connectivity index (χ3n) is 3.28. The number of carbonyl (C=O) groups is 2. The molecule has 1 aliphatic rings. The molecule has 1 saturated heterocycles. The van der Waals surface area contributed by atoms with Gasteiger partial charge in [-0.25, -0.2) is 0 Å². The van der Waals surface area contributed by atoms with Crippen LogP contribution >= 0.6 is 0 Å². The predicted molar refractivity (Wildman–Crippen MR) is 72.0 cm³/mol. The van der Waals surface area contributed by atoms with Crippen molar-refractivity contribution in [3.05, 3.63) is 29.3 Å². The molecule has 1 aromatic rings. The minimum atomic E-state index is -0.0586. The summed E-state index contributed by atoms with van der Waals surface area (Å²) in [5.74, 6) is 0.757. The summed E-state index contributed by atoms with van der Waals surface area (Å²) in [6.07, 6.45) is 1.39. The van der Waals surface area contributed by atoms with E-state index in [-0.39, 0.29) is 11.8 Å². The zero-order valence-corrected chi connectivity index (χ0v) is 11.4. The van der Waals surface area contributed by atoms with Crippen LogP contribution in [0.4, 0.5) is 0 Å². The van der Waals surface area contributed by atoms with Gasteiger partial charge in [0.25, 0.3) is 0 Å². The Hall–Kier alpha value is -1.84. The van der Waals surface area contributed by atoms with Gasteiger partial charge >= 0.3 is 0 Å². The number of likely N-dealkylation sites (tertiary alicyclic amines) is 1. The minimum Gasteiger partial charge on any atom is -0.493 e. The zero-order valence-electron chi connectivity index (χ0n) is 11.4. The maximum absolute atomic E-state index is 11.4. The maximum atomic E-state index is 11.4. The number of nitrogens with zero attached hydrogens (tertiary/aromatic N) is 1. The molecule has 2 rings (SSSR count). The Morgan fingerprint density at radius 3 is 2.53 bits per heavy atom. The van der Waals surface area contributed by atoms with Crippen LogP contribution in [-0.4, -0.2) is 29.9 Å². The molecule has 1 aromatic carbocycles. The normalized spacial score (nSPS) is 15.2. The van der Waals surface area contributed by atoms with Crippen LogP contribution in [0, 0.1) is 13.8 Å². The fourth-order valence-corrected chi connectivity index (χ4v) is 2.14. The van der Waals surface area contributed by atoms with Crippen LogP contribution in [0.2, 0.25) is 0 Å². The van der Waals surface area contributed by atoms with Gasteiger partial charge in [-0.2, -0.15) is 0 Å². The summed E-state index contributed by atoms with van der Waals surface area (Å²) in [5, 5.41) is 0. The van der Waals surface area contributed by atoms with Crippen molar-refractivity contribution >= 4 is 11.8 Å². The number of benzene rings is 1. The second kappa shape index (κ2) is 5.87. The fraction of sp³-hybridized carbons (Fsp3) is 0.467. The molecule has 0 unspecified atom stereocenters. The molecule has 0 spiro atoms. The third-order valence-corrected chi connectivity index (χ3v) is 3.28. The van der Waals surface area contributed by atoms with E-state index in [1.807, 2.05) is 32.0 Å². The first-order valence-electron chi connectivity index (χ1n) is 6.61. The number of ether oxygens (including phenoxy) is 1. The molecule has 2 amide bonds. The minimum absolute atomic E-state index is 0.0586. The smallest absolute Gasteiger partial charge is 0.229 e. The van der Waals surface area contributed by atoms with Crippen molar-refractivity contribution in [2.24, 2.45) is 0 Å². The predicted octanol–water partition coefficient (Wildman–Crippen LogP) is 2.22. The molecule has 0 bridgehead atoms. The highest BCUT2D eigenvalue weighted by atomic mass is 16.5. The zero-order chi connectivity index (χ0) is 13.8.